The Morgan fingerprint density at radius 3 is 2.21 bits per heavy atom. The van der Waals surface area contributed by atoms with Crippen LogP contribution in [0.2, 0.25) is 0 Å². The molecule has 132 valence electrons. The van der Waals surface area contributed by atoms with E-state index in [-0.39, 0.29) is 23.8 Å². The zero-order chi connectivity index (χ0) is 18.3. The van der Waals surface area contributed by atoms with Gasteiger partial charge in [0.05, 0.1) is 17.9 Å². The number of amides is 2. The summed E-state index contributed by atoms with van der Waals surface area (Å²) in [4.78, 5) is 35.9. The number of hydrogen-bond donors (Lipinski definition) is 1. The molecule has 1 rings (SSSR count). The zero-order valence-electron chi connectivity index (χ0n) is 13.7. The van der Waals surface area contributed by atoms with Crippen molar-refractivity contribution in [3.8, 4) is 0 Å². The van der Waals surface area contributed by atoms with Crippen LogP contribution in [0.15, 0.2) is 24.3 Å². The summed E-state index contributed by atoms with van der Waals surface area (Å²) in [6.45, 7) is -0.686. The second-order valence-electron chi connectivity index (χ2n) is 5.41. The molecule has 0 radical (unpaired) electrons. The lowest BCUT2D eigenvalue weighted by atomic mass is 10.1. The van der Waals surface area contributed by atoms with E-state index in [9.17, 15) is 22.8 Å². The summed E-state index contributed by atoms with van der Waals surface area (Å²) in [7, 11) is -0.0364. The molecule has 0 aliphatic rings. The average Bonchev–Trinajstić information content (AvgIpc) is 2.49. The standard InChI is InChI=1S/C15H20N2O6S/c1-17(2)14(19)8-16-13(18)9-23-15(20)12-6-4-11(5-7-12)10-24(3,21)22/h4-7H,8-10H2,1-3H3,(H,16,18). The van der Waals surface area contributed by atoms with E-state index in [0.717, 1.165) is 6.26 Å². The van der Waals surface area contributed by atoms with Gasteiger partial charge in [-0.3, -0.25) is 9.59 Å². The smallest absolute Gasteiger partial charge is 0.338 e. The maximum absolute atomic E-state index is 11.8. The largest absolute Gasteiger partial charge is 0.452 e. The molecule has 0 aliphatic carbocycles. The van der Waals surface area contributed by atoms with E-state index in [1.807, 2.05) is 0 Å². The molecule has 0 fully saturated rings. The molecule has 1 N–H and O–H groups in total. The molecule has 0 spiro atoms. The van der Waals surface area contributed by atoms with Crippen LogP contribution in [0.1, 0.15) is 15.9 Å². The quantitative estimate of drug-likeness (QED) is 0.665. The summed E-state index contributed by atoms with van der Waals surface area (Å²) in [5.41, 5.74) is 0.749. The number of esters is 1. The second kappa shape index (κ2) is 8.44. The fourth-order valence-corrected chi connectivity index (χ4v) is 2.44. The number of nitrogens with zero attached hydrogens (tertiary/aromatic N) is 1. The minimum Gasteiger partial charge on any atom is -0.452 e. The molecule has 0 aromatic heterocycles. The number of carbonyl (C=O) groups excluding carboxylic acids is 3. The number of ether oxygens (including phenoxy) is 1. The number of benzene rings is 1. The molecule has 2 amide bonds. The summed E-state index contributed by atoms with van der Waals surface area (Å²) in [6.07, 6.45) is 1.12. The highest BCUT2D eigenvalue weighted by Crippen LogP contribution is 2.09. The van der Waals surface area contributed by atoms with Crippen LogP contribution in [0.5, 0.6) is 0 Å². The van der Waals surface area contributed by atoms with Gasteiger partial charge >= 0.3 is 5.97 Å². The van der Waals surface area contributed by atoms with Gasteiger partial charge in [0.2, 0.25) is 5.91 Å². The predicted octanol–water partition coefficient (Wildman–Crippen LogP) is -0.408. The molecule has 1 aromatic carbocycles. The molecule has 8 nitrogen and oxygen atoms in total. The van der Waals surface area contributed by atoms with Gasteiger partial charge in [-0.25, -0.2) is 13.2 Å². The normalized spacial score (nSPS) is 10.8. The SMILES string of the molecule is CN(C)C(=O)CNC(=O)COC(=O)c1ccc(CS(C)(=O)=O)cc1. The number of sulfone groups is 1. The average molecular weight is 356 g/mol. The van der Waals surface area contributed by atoms with Gasteiger partial charge in [-0.05, 0) is 17.7 Å². The number of rotatable bonds is 7. The number of likely N-dealkylation sites (N-methyl/N-ethyl adjacent to an activating group) is 1. The van der Waals surface area contributed by atoms with E-state index < -0.39 is 28.3 Å². The van der Waals surface area contributed by atoms with E-state index in [2.05, 4.69) is 5.32 Å². The fraction of sp³-hybridized carbons (Fsp3) is 0.400. The Hall–Kier alpha value is -2.42. The molecule has 24 heavy (non-hydrogen) atoms. The molecule has 0 heterocycles. The van der Waals surface area contributed by atoms with Crippen molar-refractivity contribution < 1.29 is 27.5 Å². The molecule has 0 saturated carbocycles. The highest BCUT2D eigenvalue weighted by Gasteiger charge is 2.12. The van der Waals surface area contributed by atoms with E-state index in [0.29, 0.717) is 5.56 Å². The van der Waals surface area contributed by atoms with Crippen LogP contribution in [-0.2, 0) is 29.9 Å². The van der Waals surface area contributed by atoms with Gasteiger partial charge < -0.3 is 15.0 Å². The van der Waals surface area contributed by atoms with Crippen LogP contribution >= 0.6 is 0 Å². The van der Waals surface area contributed by atoms with Crippen molar-refractivity contribution >= 4 is 27.6 Å². The first-order valence-electron chi connectivity index (χ1n) is 6.99. The van der Waals surface area contributed by atoms with Crippen molar-refractivity contribution in [2.24, 2.45) is 0 Å². The minimum atomic E-state index is -3.15. The van der Waals surface area contributed by atoms with Crippen molar-refractivity contribution in [3.63, 3.8) is 0 Å². The highest BCUT2D eigenvalue weighted by molar-refractivity contribution is 7.89. The maximum Gasteiger partial charge on any atom is 0.338 e. The highest BCUT2D eigenvalue weighted by atomic mass is 32.2. The van der Waals surface area contributed by atoms with Crippen molar-refractivity contribution in [1.82, 2.24) is 10.2 Å². The second-order valence-corrected chi connectivity index (χ2v) is 7.55. The van der Waals surface area contributed by atoms with Gasteiger partial charge in [0.1, 0.15) is 0 Å². The minimum absolute atomic E-state index is 0.120. The third-order valence-electron chi connectivity index (χ3n) is 2.89. The predicted molar refractivity (Wildman–Crippen MR) is 87.0 cm³/mol. The summed E-state index contributed by atoms with van der Waals surface area (Å²) >= 11 is 0. The fourth-order valence-electron chi connectivity index (χ4n) is 1.64. The third kappa shape index (κ3) is 7.23. The topological polar surface area (TPSA) is 110 Å². The van der Waals surface area contributed by atoms with Gasteiger partial charge in [-0.15, -0.1) is 0 Å². The molecule has 1 aromatic rings. The third-order valence-corrected chi connectivity index (χ3v) is 3.75. The van der Waals surface area contributed by atoms with Gasteiger partial charge in [-0.2, -0.15) is 0 Å². The lowest BCUT2D eigenvalue weighted by molar-refractivity contribution is -0.131. The van der Waals surface area contributed by atoms with Crippen LogP contribution in [0, 0.1) is 0 Å². The summed E-state index contributed by atoms with van der Waals surface area (Å²) in [5.74, 6) is -1.71. The van der Waals surface area contributed by atoms with E-state index in [1.54, 1.807) is 14.1 Å². The van der Waals surface area contributed by atoms with Gasteiger partial charge in [-0.1, -0.05) is 12.1 Å². The first-order valence-corrected chi connectivity index (χ1v) is 9.05. The Bertz CT molecular complexity index is 710. The summed E-state index contributed by atoms with van der Waals surface area (Å²) < 4.78 is 27.2. The Morgan fingerprint density at radius 1 is 1.12 bits per heavy atom. The van der Waals surface area contributed by atoms with E-state index in [4.69, 9.17) is 4.74 Å². The van der Waals surface area contributed by atoms with Crippen molar-refractivity contribution in [2.75, 3.05) is 33.5 Å². The molecule has 0 bridgehead atoms. The van der Waals surface area contributed by atoms with Crippen molar-refractivity contribution in [3.05, 3.63) is 35.4 Å². The molecular weight excluding hydrogens is 336 g/mol. The molecular formula is C15H20N2O6S. The van der Waals surface area contributed by atoms with Gasteiger partial charge in [0, 0.05) is 20.4 Å². The zero-order valence-corrected chi connectivity index (χ0v) is 14.6. The molecule has 0 aliphatic heterocycles. The summed E-state index contributed by atoms with van der Waals surface area (Å²) in [6, 6.07) is 5.87. The Labute approximate surface area is 140 Å². The number of hydrogen-bond acceptors (Lipinski definition) is 6. The van der Waals surface area contributed by atoms with Gasteiger partial charge in [0.25, 0.3) is 5.91 Å². The molecule has 0 atom stereocenters. The van der Waals surface area contributed by atoms with Crippen molar-refractivity contribution in [1.29, 1.82) is 0 Å². The van der Waals surface area contributed by atoms with Crippen molar-refractivity contribution in [2.45, 2.75) is 5.75 Å². The molecule has 9 heteroatoms. The van der Waals surface area contributed by atoms with E-state index in [1.165, 1.54) is 29.2 Å². The first kappa shape index (κ1) is 19.6. The Kier molecular flexibility index (Phi) is 6.90. The van der Waals surface area contributed by atoms with Crippen LogP contribution in [0.3, 0.4) is 0 Å². The van der Waals surface area contributed by atoms with Crippen LogP contribution in [0.25, 0.3) is 0 Å². The van der Waals surface area contributed by atoms with Crippen LogP contribution in [0.4, 0.5) is 0 Å². The monoisotopic (exact) mass is 356 g/mol. The first-order chi connectivity index (χ1) is 11.1. The maximum atomic E-state index is 11.8. The number of nitrogens with one attached hydrogen (secondary N) is 1. The Morgan fingerprint density at radius 2 is 1.71 bits per heavy atom. The van der Waals surface area contributed by atoms with E-state index >= 15 is 0 Å². The molecule has 0 saturated heterocycles. The lowest BCUT2D eigenvalue weighted by Gasteiger charge is -2.11. The van der Waals surface area contributed by atoms with Gasteiger partial charge in [0.15, 0.2) is 16.4 Å². The number of carbonyl (C=O) groups is 3. The molecule has 0 unspecified atom stereocenters. The van der Waals surface area contributed by atoms with Crippen LogP contribution in [-0.4, -0.2) is 64.6 Å². The van der Waals surface area contributed by atoms with Crippen LogP contribution < -0.4 is 5.32 Å². The Balaban J connectivity index is 2.48. The lowest BCUT2D eigenvalue weighted by Crippen LogP contribution is -2.38. The summed E-state index contributed by atoms with van der Waals surface area (Å²) in [5, 5.41) is 2.33.